The van der Waals surface area contributed by atoms with Gasteiger partial charge in [-0.1, -0.05) is 54.1 Å². The van der Waals surface area contributed by atoms with Gasteiger partial charge in [0.05, 0.1) is 6.17 Å². The molecule has 2 aromatic rings. The molecule has 0 aliphatic carbocycles. The second-order valence-electron chi connectivity index (χ2n) is 3.98. The minimum atomic E-state index is -0.433. The molecule has 4 N–H and O–H groups in total. The van der Waals surface area contributed by atoms with Crippen molar-refractivity contribution in [1.29, 1.82) is 0 Å². The van der Waals surface area contributed by atoms with Gasteiger partial charge in [-0.25, -0.2) is 0 Å². The number of hydrogen-bond donors (Lipinski definition) is 2. The molecule has 0 fully saturated rings. The quantitative estimate of drug-likeness (QED) is 0.752. The Balaban J connectivity index is 2.51. The molecule has 0 saturated carbocycles. The summed E-state index contributed by atoms with van der Waals surface area (Å²) in [4.78, 5) is 0. The van der Waals surface area contributed by atoms with Crippen LogP contribution in [0.3, 0.4) is 0 Å². The van der Waals surface area contributed by atoms with E-state index in [1.54, 1.807) is 0 Å². The first-order valence-electron chi connectivity index (χ1n) is 5.35. The average Bonchev–Trinajstić information content (AvgIpc) is 2.30. The fraction of sp³-hybridized carbons (Fsp3) is 0.143. The van der Waals surface area contributed by atoms with Gasteiger partial charge in [-0.15, -0.1) is 0 Å². The summed E-state index contributed by atoms with van der Waals surface area (Å²) >= 11 is 0. The minimum Gasteiger partial charge on any atom is -0.312 e. The first kappa shape index (κ1) is 10.9. The fourth-order valence-electron chi connectivity index (χ4n) is 1.78. The topological polar surface area (TPSA) is 52.0 Å². The van der Waals surface area contributed by atoms with Crippen LogP contribution in [0, 0.1) is 6.92 Å². The van der Waals surface area contributed by atoms with Crippen LogP contribution in [-0.4, -0.2) is 0 Å². The van der Waals surface area contributed by atoms with Gasteiger partial charge in [0.15, 0.2) is 0 Å². The van der Waals surface area contributed by atoms with Gasteiger partial charge in [-0.05, 0) is 23.6 Å². The van der Waals surface area contributed by atoms with Crippen molar-refractivity contribution in [1.82, 2.24) is 0 Å². The lowest BCUT2D eigenvalue weighted by molar-refractivity contribution is 0.776. The predicted octanol–water partition coefficient (Wildman–Crippen LogP) is 2.58. The molecule has 0 saturated heterocycles. The summed E-state index contributed by atoms with van der Waals surface area (Å²) in [6.07, 6.45) is -0.433. The van der Waals surface area contributed by atoms with Crippen LogP contribution in [0.1, 0.15) is 17.3 Å². The Hall–Kier alpha value is -1.64. The number of hydrogen-bond acceptors (Lipinski definition) is 2. The van der Waals surface area contributed by atoms with E-state index in [2.05, 4.69) is 31.2 Å². The summed E-state index contributed by atoms with van der Waals surface area (Å²) in [5.41, 5.74) is 16.0. The van der Waals surface area contributed by atoms with Gasteiger partial charge in [-0.3, -0.25) is 0 Å². The molecule has 0 unspecified atom stereocenters. The summed E-state index contributed by atoms with van der Waals surface area (Å²) < 4.78 is 0. The zero-order valence-corrected chi connectivity index (χ0v) is 9.35. The van der Waals surface area contributed by atoms with Crippen molar-refractivity contribution in [3.05, 3.63) is 59.7 Å². The molecule has 0 aliphatic rings. The van der Waals surface area contributed by atoms with E-state index >= 15 is 0 Å². The van der Waals surface area contributed by atoms with Crippen molar-refractivity contribution in [2.24, 2.45) is 11.5 Å². The molecule has 82 valence electrons. The molecule has 2 aromatic carbocycles. The van der Waals surface area contributed by atoms with Crippen LogP contribution in [0.2, 0.25) is 0 Å². The lowest BCUT2D eigenvalue weighted by Crippen LogP contribution is -2.20. The van der Waals surface area contributed by atoms with Crippen molar-refractivity contribution in [2.75, 3.05) is 0 Å². The van der Waals surface area contributed by atoms with E-state index in [0.29, 0.717) is 0 Å². The number of benzene rings is 2. The lowest BCUT2D eigenvalue weighted by Gasteiger charge is -2.12. The molecule has 0 heterocycles. The zero-order valence-electron chi connectivity index (χ0n) is 9.35. The number of rotatable bonds is 2. The monoisotopic (exact) mass is 212 g/mol. The van der Waals surface area contributed by atoms with Crippen LogP contribution in [0.15, 0.2) is 48.5 Å². The van der Waals surface area contributed by atoms with E-state index in [-0.39, 0.29) is 0 Å². The Bertz CT molecular complexity index is 472. The highest BCUT2D eigenvalue weighted by molar-refractivity contribution is 5.68. The van der Waals surface area contributed by atoms with E-state index in [0.717, 1.165) is 16.7 Å². The maximum absolute atomic E-state index is 5.76. The van der Waals surface area contributed by atoms with Crippen LogP contribution >= 0.6 is 0 Å². The molecule has 2 nitrogen and oxygen atoms in total. The molecule has 0 radical (unpaired) electrons. The van der Waals surface area contributed by atoms with E-state index in [4.69, 9.17) is 11.5 Å². The van der Waals surface area contributed by atoms with E-state index in [9.17, 15) is 0 Å². The van der Waals surface area contributed by atoms with E-state index < -0.39 is 6.17 Å². The molecule has 16 heavy (non-hydrogen) atoms. The van der Waals surface area contributed by atoms with E-state index in [1.165, 1.54) is 5.56 Å². The average molecular weight is 212 g/mol. The highest BCUT2D eigenvalue weighted by atomic mass is 14.8. The Morgan fingerprint density at radius 1 is 0.875 bits per heavy atom. The Labute approximate surface area is 95.9 Å². The Kier molecular flexibility index (Phi) is 3.04. The van der Waals surface area contributed by atoms with Gasteiger partial charge in [0.2, 0.25) is 0 Å². The number of nitrogens with two attached hydrogens (primary N) is 2. The van der Waals surface area contributed by atoms with Gasteiger partial charge < -0.3 is 11.5 Å². The number of aryl methyl sites for hydroxylation is 1. The Morgan fingerprint density at radius 3 is 2.12 bits per heavy atom. The van der Waals surface area contributed by atoms with E-state index in [1.807, 2.05) is 24.3 Å². The van der Waals surface area contributed by atoms with Gasteiger partial charge in [0, 0.05) is 0 Å². The second-order valence-corrected chi connectivity index (χ2v) is 3.98. The van der Waals surface area contributed by atoms with Crippen molar-refractivity contribution in [3.63, 3.8) is 0 Å². The molecule has 2 heteroatoms. The molecule has 0 bridgehead atoms. The fourth-order valence-corrected chi connectivity index (χ4v) is 1.78. The first-order valence-corrected chi connectivity index (χ1v) is 5.35. The van der Waals surface area contributed by atoms with Crippen LogP contribution in [0.4, 0.5) is 0 Å². The van der Waals surface area contributed by atoms with Gasteiger partial charge >= 0.3 is 0 Å². The van der Waals surface area contributed by atoms with Crippen LogP contribution in [0.25, 0.3) is 11.1 Å². The Morgan fingerprint density at radius 2 is 1.50 bits per heavy atom. The summed E-state index contributed by atoms with van der Waals surface area (Å²) in [5.74, 6) is 0. The third-order valence-electron chi connectivity index (χ3n) is 2.68. The highest BCUT2D eigenvalue weighted by Gasteiger charge is 2.07. The summed E-state index contributed by atoms with van der Waals surface area (Å²) in [6.45, 7) is 2.07. The van der Waals surface area contributed by atoms with Crippen LogP contribution in [0.5, 0.6) is 0 Å². The largest absolute Gasteiger partial charge is 0.312 e. The van der Waals surface area contributed by atoms with Gasteiger partial charge in [0.25, 0.3) is 0 Å². The predicted molar refractivity (Wildman–Crippen MR) is 67.7 cm³/mol. The summed E-state index contributed by atoms with van der Waals surface area (Å²) in [7, 11) is 0. The summed E-state index contributed by atoms with van der Waals surface area (Å²) in [6, 6.07) is 16.3. The molecule has 0 amide bonds. The third kappa shape index (κ3) is 2.13. The SMILES string of the molecule is Cc1ccc(-c2ccccc2C(N)N)cc1. The van der Waals surface area contributed by atoms with Gasteiger partial charge in [-0.2, -0.15) is 0 Å². The van der Waals surface area contributed by atoms with Crippen molar-refractivity contribution in [3.8, 4) is 11.1 Å². The normalized spacial score (nSPS) is 10.8. The maximum Gasteiger partial charge on any atom is 0.0790 e. The lowest BCUT2D eigenvalue weighted by atomic mass is 9.97. The molecular formula is C14H16N2. The molecule has 0 aliphatic heterocycles. The van der Waals surface area contributed by atoms with Gasteiger partial charge in [0.1, 0.15) is 0 Å². The third-order valence-corrected chi connectivity index (χ3v) is 2.68. The smallest absolute Gasteiger partial charge is 0.0790 e. The highest BCUT2D eigenvalue weighted by Crippen LogP contribution is 2.25. The minimum absolute atomic E-state index is 0.433. The first-order chi connectivity index (χ1) is 7.68. The second kappa shape index (κ2) is 4.47. The molecule has 0 aromatic heterocycles. The molecule has 0 atom stereocenters. The maximum atomic E-state index is 5.76. The molecular weight excluding hydrogens is 196 g/mol. The van der Waals surface area contributed by atoms with Crippen molar-refractivity contribution >= 4 is 0 Å². The van der Waals surface area contributed by atoms with Crippen LogP contribution < -0.4 is 11.5 Å². The molecule has 0 spiro atoms. The zero-order chi connectivity index (χ0) is 11.5. The standard InChI is InChI=1S/C14H16N2/c1-10-6-8-11(9-7-10)12-4-2-3-5-13(12)14(15)16/h2-9,14H,15-16H2,1H3. The van der Waals surface area contributed by atoms with Crippen molar-refractivity contribution in [2.45, 2.75) is 13.1 Å². The molecule has 2 rings (SSSR count). The summed E-state index contributed by atoms with van der Waals surface area (Å²) in [5, 5.41) is 0. The van der Waals surface area contributed by atoms with Crippen molar-refractivity contribution < 1.29 is 0 Å². The van der Waals surface area contributed by atoms with Crippen LogP contribution in [-0.2, 0) is 0 Å².